The van der Waals surface area contributed by atoms with E-state index in [2.05, 4.69) is 26.2 Å². The van der Waals surface area contributed by atoms with Gasteiger partial charge in [-0.3, -0.25) is 18.8 Å². The summed E-state index contributed by atoms with van der Waals surface area (Å²) in [6.45, 7) is 5.82. The van der Waals surface area contributed by atoms with E-state index in [-0.39, 0.29) is 36.3 Å². The molecule has 5 aromatic rings. The van der Waals surface area contributed by atoms with Crippen LogP contribution in [0.1, 0.15) is 41.6 Å². The number of fused-ring (bicyclic) bond motifs is 2. The van der Waals surface area contributed by atoms with Gasteiger partial charge in [-0.15, -0.1) is 5.10 Å². The van der Waals surface area contributed by atoms with E-state index in [9.17, 15) is 14.7 Å². The molecule has 1 fully saturated rings. The maximum atomic E-state index is 16.4. The Morgan fingerprint density at radius 3 is 2.58 bits per heavy atom. The first-order valence-electron chi connectivity index (χ1n) is 17.4. The van der Waals surface area contributed by atoms with Crippen LogP contribution < -0.4 is 15.2 Å². The molecule has 270 valence electrons. The molecule has 2 aromatic heterocycles. The number of halogens is 2. The van der Waals surface area contributed by atoms with Crippen LogP contribution in [0.5, 0.6) is 5.75 Å². The van der Waals surface area contributed by atoms with Gasteiger partial charge in [0, 0.05) is 46.1 Å². The number of anilines is 1. The summed E-state index contributed by atoms with van der Waals surface area (Å²) in [5.74, 6) is -0.787. The van der Waals surface area contributed by atoms with E-state index in [1.807, 2.05) is 85.9 Å². The summed E-state index contributed by atoms with van der Waals surface area (Å²) in [5, 5.41) is 18.9. The molecule has 1 saturated heterocycles. The average molecular weight is 787 g/mol. The Morgan fingerprint density at radius 2 is 1.85 bits per heavy atom. The number of carbonyl (C=O) groups is 1. The number of hydrogen-bond donors (Lipinski definition) is 1. The molecule has 0 saturated carbocycles. The number of nitrogens with zero attached hydrogens (tertiary/aromatic N) is 5. The molecule has 1 amide bonds. The molecular formula is C39H41BrFN5O5Si. The van der Waals surface area contributed by atoms with E-state index in [0.29, 0.717) is 35.6 Å². The van der Waals surface area contributed by atoms with Gasteiger partial charge in [-0.25, -0.2) is 0 Å². The lowest BCUT2D eigenvalue weighted by atomic mass is 9.82. The zero-order chi connectivity index (χ0) is 36.8. The number of carbonyl (C=O) groups excluding carboxylic acids is 1. The van der Waals surface area contributed by atoms with Crippen LogP contribution in [0.4, 0.5) is 9.80 Å². The van der Waals surface area contributed by atoms with E-state index in [1.165, 1.54) is 11.7 Å². The fourth-order valence-electron chi connectivity index (χ4n) is 8.16. The van der Waals surface area contributed by atoms with Gasteiger partial charge in [0.1, 0.15) is 0 Å². The largest absolute Gasteiger partial charge is 0.491 e. The monoisotopic (exact) mass is 785 g/mol. The quantitative estimate of drug-likeness (QED) is 0.117. The van der Waals surface area contributed by atoms with Gasteiger partial charge < -0.3 is 23.6 Å². The molecule has 3 aromatic carbocycles. The van der Waals surface area contributed by atoms with E-state index >= 15 is 4.11 Å². The highest BCUT2D eigenvalue weighted by atomic mass is 79.9. The number of hydrogen-bond acceptors (Lipinski definition) is 7. The van der Waals surface area contributed by atoms with Crippen molar-refractivity contribution in [1.29, 1.82) is 0 Å². The second kappa shape index (κ2) is 14.2. The molecule has 13 heteroatoms. The zero-order valence-corrected chi connectivity index (χ0v) is 32.0. The Kier molecular flexibility index (Phi) is 9.80. The molecule has 1 N–H and O–H groups in total. The standard InChI is InChI=1S/C39H41BrFN5O5Si/c1-25-36(52(3,4)41)34(17-19-44-23-32(42-43-44)30(24-47)27-11-6-5-7-12-27)51-39(25)31-21-28(40)15-16-33(31)46(38(39)49)22-26-10-8-13-29(20-26)45-18-9-14-35(50-2)37(45)48/h5-16,18,20-21,23,25,30,34,36,47H,17,19,22,24H2,1-4H3/t25-,30?,34+,36-,39+/m0/s1. The van der Waals surface area contributed by atoms with Gasteiger partial charge >= 0.3 is 0 Å². The molecule has 52 heavy (non-hydrogen) atoms. The van der Waals surface area contributed by atoms with Crippen molar-refractivity contribution in [2.45, 2.75) is 62.7 Å². The second-order valence-corrected chi connectivity index (χ2v) is 18.8. The molecule has 1 unspecified atom stereocenters. The Bertz CT molecular complexity index is 2160. The first kappa shape index (κ1) is 35.9. The van der Waals surface area contributed by atoms with Crippen LogP contribution in [0.3, 0.4) is 0 Å². The number of ether oxygens (including phenoxy) is 2. The lowest BCUT2D eigenvalue weighted by Gasteiger charge is -2.31. The number of aryl methyl sites for hydroxylation is 1. The molecular weight excluding hydrogens is 745 g/mol. The number of aliphatic hydroxyl groups is 1. The van der Waals surface area contributed by atoms with Crippen molar-refractivity contribution >= 4 is 35.9 Å². The van der Waals surface area contributed by atoms with Gasteiger partial charge in [0.25, 0.3) is 11.5 Å². The Hall–Kier alpha value is -4.43. The maximum absolute atomic E-state index is 16.4. The number of amides is 1. The highest BCUT2D eigenvalue weighted by molar-refractivity contribution is 9.10. The minimum absolute atomic E-state index is 0.115. The van der Waals surface area contributed by atoms with Gasteiger partial charge in [-0.1, -0.05) is 70.5 Å². The first-order chi connectivity index (χ1) is 25.0. The molecule has 2 aliphatic rings. The van der Waals surface area contributed by atoms with Crippen LogP contribution in [0.2, 0.25) is 18.6 Å². The summed E-state index contributed by atoms with van der Waals surface area (Å²) in [6, 6.07) is 26.2. The zero-order valence-electron chi connectivity index (χ0n) is 29.4. The van der Waals surface area contributed by atoms with Gasteiger partial charge in [0.15, 0.2) is 11.4 Å². The number of aliphatic hydroxyl groups excluding tert-OH is 1. The summed E-state index contributed by atoms with van der Waals surface area (Å²) in [6.07, 6.45) is 3.36. The Balaban J connectivity index is 1.19. The fourth-order valence-corrected chi connectivity index (χ4v) is 11.1. The average Bonchev–Trinajstić information content (AvgIpc) is 3.78. The van der Waals surface area contributed by atoms with Crippen molar-refractivity contribution in [1.82, 2.24) is 19.6 Å². The molecule has 10 nitrogen and oxygen atoms in total. The Labute approximate surface area is 311 Å². The number of pyridine rings is 1. The van der Waals surface area contributed by atoms with Crippen molar-refractivity contribution in [3.63, 3.8) is 0 Å². The normalized spacial score (nSPS) is 21.9. The summed E-state index contributed by atoms with van der Waals surface area (Å²) in [7, 11) is -1.93. The third-order valence-electron chi connectivity index (χ3n) is 10.5. The Morgan fingerprint density at radius 1 is 1.06 bits per heavy atom. The first-order valence-corrected chi connectivity index (χ1v) is 21.1. The van der Waals surface area contributed by atoms with Crippen LogP contribution in [0.15, 0.2) is 107 Å². The van der Waals surface area contributed by atoms with E-state index in [4.69, 9.17) is 9.47 Å². The summed E-state index contributed by atoms with van der Waals surface area (Å²) in [4.78, 5) is 29.6. The number of methoxy groups -OCH3 is 1. The van der Waals surface area contributed by atoms with Crippen LogP contribution in [0, 0.1) is 5.92 Å². The molecule has 0 aliphatic carbocycles. The number of benzene rings is 3. The highest BCUT2D eigenvalue weighted by Crippen LogP contribution is 2.60. The molecule has 0 radical (unpaired) electrons. The number of rotatable bonds is 11. The molecule has 1 spiro atoms. The smallest absolute Gasteiger partial charge is 0.297 e. The maximum Gasteiger partial charge on any atom is 0.297 e. The lowest BCUT2D eigenvalue weighted by Crippen LogP contribution is -2.45. The second-order valence-electron chi connectivity index (χ2n) is 14.1. The minimum atomic E-state index is -3.39. The molecule has 7 rings (SSSR count). The topological polar surface area (TPSA) is 112 Å². The lowest BCUT2D eigenvalue weighted by molar-refractivity contribution is -0.146. The SMILES string of the molecule is COc1cccn(-c2cccc(CN3C(=O)[C@]4(O[C@H](CCn5cc(C(CO)c6ccccc6)nn5)[C@@H]([Si](C)(C)F)[C@@H]4C)c4cc(Br)ccc43)c2)c1=O. The van der Waals surface area contributed by atoms with Crippen molar-refractivity contribution < 1.29 is 23.5 Å². The van der Waals surface area contributed by atoms with Gasteiger partial charge in [0.2, 0.25) is 8.41 Å². The van der Waals surface area contributed by atoms with Crippen molar-refractivity contribution in [2.24, 2.45) is 5.92 Å². The fraction of sp³-hybridized carbons (Fsp3) is 0.333. The summed E-state index contributed by atoms with van der Waals surface area (Å²) < 4.78 is 32.6. The third-order valence-corrected chi connectivity index (χ3v) is 13.5. The minimum Gasteiger partial charge on any atom is -0.491 e. The van der Waals surface area contributed by atoms with Crippen LogP contribution in [-0.2, 0) is 28.2 Å². The third kappa shape index (κ3) is 6.33. The predicted molar refractivity (Wildman–Crippen MR) is 202 cm³/mol. The van der Waals surface area contributed by atoms with Crippen LogP contribution in [0.25, 0.3) is 5.69 Å². The van der Waals surface area contributed by atoms with E-state index < -0.39 is 31.6 Å². The highest BCUT2D eigenvalue weighted by Gasteiger charge is 2.66. The summed E-state index contributed by atoms with van der Waals surface area (Å²) in [5.41, 5.74) is 2.28. The number of aromatic nitrogens is 4. The molecule has 5 atom stereocenters. The van der Waals surface area contributed by atoms with Crippen molar-refractivity contribution in [3.8, 4) is 11.4 Å². The van der Waals surface area contributed by atoms with Crippen molar-refractivity contribution in [3.05, 3.63) is 135 Å². The van der Waals surface area contributed by atoms with E-state index in [1.54, 1.807) is 41.0 Å². The van der Waals surface area contributed by atoms with Crippen LogP contribution in [-0.4, -0.2) is 58.8 Å². The van der Waals surface area contributed by atoms with Crippen molar-refractivity contribution in [2.75, 3.05) is 18.6 Å². The van der Waals surface area contributed by atoms with Gasteiger partial charge in [-0.2, -0.15) is 0 Å². The summed E-state index contributed by atoms with van der Waals surface area (Å²) >= 11 is 3.61. The molecule has 4 heterocycles. The predicted octanol–water partition coefficient (Wildman–Crippen LogP) is 6.74. The van der Waals surface area contributed by atoms with Gasteiger partial charge in [0.05, 0.1) is 43.7 Å². The van der Waals surface area contributed by atoms with E-state index in [0.717, 1.165) is 15.6 Å². The molecule has 0 bridgehead atoms. The van der Waals surface area contributed by atoms with Gasteiger partial charge in [-0.05, 0) is 73.1 Å². The molecule has 2 aliphatic heterocycles. The van der Waals surface area contributed by atoms with Crippen LogP contribution >= 0.6 is 15.9 Å².